The third kappa shape index (κ3) is 5.72. The Balaban J connectivity index is 1.50. The van der Waals surface area contributed by atoms with Crippen molar-refractivity contribution in [3.05, 3.63) is 35.4 Å². The standard InChI is InChI=1S/C20H31N3O2/c24-19-9-6-12-23(16-19)20(25)21-14-17-7-5-8-18(13-17)15-22-10-3-1-2-4-11-22/h5,7-8,13,19,24H,1-4,6,9-12,14-16H2,(H,21,25). The van der Waals surface area contributed by atoms with Crippen LogP contribution in [-0.2, 0) is 13.1 Å². The Morgan fingerprint density at radius 3 is 2.60 bits per heavy atom. The molecule has 0 bridgehead atoms. The molecule has 1 unspecified atom stereocenters. The molecule has 0 radical (unpaired) electrons. The van der Waals surface area contributed by atoms with Gasteiger partial charge in [0.15, 0.2) is 0 Å². The maximum absolute atomic E-state index is 12.3. The summed E-state index contributed by atoms with van der Waals surface area (Å²) < 4.78 is 0. The van der Waals surface area contributed by atoms with Crippen LogP contribution in [0, 0.1) is 0 Å². The largest absolute Gasteiger partial charge is 0.391 e. The summed E-state index contributed by atoms with van der Waals surface area (Å²) in [5.74, 6) is 0. The number of carbonyl (C=O) groups is 1. The first-order chi connectivity index (χ1) is 12.2. The molecule has 138 valence electrons. The lowest BCUT2D eigenvalue weighted by atomic mass is 10.1. The summed E-state index contributed by atoms with van der Waals surface area (Å²) in [5, 5.41) is 12.7. The number of carbonyl (C=O) groups excluding carboxylic acids is 1. The number of benzene rings is 1. The second-order valence-corrected chi connectivity index (χ2v) is 7.41. The van der Waals surface area contributed by atoms with E-state index in [1.807, 2.05) is 0 Å². The number of rotatable bonds is 4. The Morgan fingerprint density at radius 1 is 1.08 bits per heavy atom. The molecule has 2 heterocycles. The van der Waals surface area contributed by atoms with Gasteiger partial charge in [-0.05, 0) is 49.9 Å². The summed E-state index contributed by atoms with van der Waals surface area (Å²) in [6, 6.07) is 8.46. The van der Waals surface area contributed by atoms with Crippen LogP contribution in [0.5, 0.6) is 0 Å². The van der Waals surface area contributed by atoms with Gasteiger partial charge in [-0.15, -0.1) is 0 Å². The van der Waals surface area contributed by atoms with E-state index < -0.39 is 0 Å². The molecule has 5 heteroatoms. The second kappa shape index (κ2) is 9.20. The third-order valence-electron chi connectivity index (χ3n) is 5.22. The summed E-state index contributed by atoms with van der Waals surface area (Å²) in [5.41, 5.74) is 2.46. The van der Waals surface area contributed by atoms with Crippen molar-refractivity contribution in [1.82, 2.24) is 15.1 Å². The van der Waals surface area contributed by atoms with Gasteiger partial charge in [0.1, 0.15) is 0 Å². The number of amides is 2. The summed E-state index contributed by atoms with van der Waals surface area (Å²) in [6.07, 6.45) is 6.61. The maximum Gasteiger partial charge on any atom is 0.317 e. The molecule has 25 heavy (non-hydrogen) atoms. The van der Waals surface area contributed by atoms with Gasteiger partial charge in [0.25, 0.3) is 0 Å². The quantitative estimate of drug-likeness (QED) is 0.882. The van der Waals surface area contributed by atoms with Crippen LogP contribution in [0.15, 0.2) is 24.3 Å². The molecule has 1 atom stereocenters. The van der Waals surface area contributed by atoms with Crippen LogP contribution < -0.4 is 5.32 Å². The van der Waals surface area contributed by atoms with E-state index in [4.69, 9.17) is 0 Å². The van der Waals surface area contributed by atoms with Crippen molar-refractivity contribution >= 4 is 6.03 Å². The third-order valence-corrected chi connectivity index (χ3v) is 5.22. The normalized spacial score (nSPS) is 22.4. The van der Waals surface area contributed by atoms with Gasteiger partial charge in [-0.1, -0.05) is 37.1 Å². The van der Waals surface area contributed by atoms with Crippen molar-refractivity contribution in [1.29, 1.82) is 0 Å². The lowest BCUT2D eigenvalue weighted by Gasteiger charge is -2.30. The number of piperidine rings is 1. The molecule has 0 aromatic heterocycles. The minimum Gasteiger partial charge on any atom is -0.391 e. The molecular weight excluding hydrogens is 314 g/mol. The zero-order valence-electron chi connectivity index (χ0n) is 15.1. The van der Waals surface area contributed by atoms with Crippen LogP contribution in [0.3, 0.4) is 0 Å². The molecule has 2 amide bonds. The average Bonchev–Trinajstić information content (AvgIpc) is 2.89. The fraction of sp³-hybridized carbons (Fsp3) is 0.650. The molecule has 0 aliphatic carbocycles. The number of aliphatic hydroxyl groups is 1. The van der Waals surface area contributed by atoms with Crippen molar-refractivity contribution in [3.8, 4) is 0 Å². The molecule has 0 spiro atoms. The van der Waals surface area contributed by atoms with Gasteiger partial charge in [-0.2, -0.15) is 0 Å². The predicted octanol–water partition coefficient (Wildman–Crippen LogP) is 2.73. The zero-order chi connectivity index (χ0) is 17.5. The highest BCUT2D eigenvalue weighted by atomic mass is 16.3. The number of nitrogens with one attached hydrogen (secondary N) is 1. The molecule has 5 nitrogen and oxygen atoms in total. The number of urea groups is 1. The van der Waals surface area contributed by atoms with Crippen molar-refractivity contribution in [3.63, 3.8) is 0 Å². The maximum atomic E-state index is 12.3. The van der Waals surface area contributed by atoms with Crippen LogP contribution in [0.1, 0.15) is 49.7 Å². The van der Waals surface area contributed by atoms with E-state index in [1.165, 1.54) is 44.3 Å². The summed E-state index contributed by atoms with van der Waals surface area (Å²) in [4.78, 5) is 16.5. The topological polar surface area (TPSA) is 55.8 Å². The molecule has 0 saturated carbocycles. The molecule has 2 saturated heterocycles. The number of likely N-dealkylation sites (tertiary alicyclic amines) is 2. The summed E-state index contributed by atoms with van der Waals surface area (Å²) >= 11 is 0. The monoisotopic (exact) mass is 345 g/mol. The smallest absolute Gasteiger partial charge is 0.317 e. The first kappa shape index (κ1) is 18.2. The van der Waals surface area contributed by atoms with E-state index in [2.05, 4.69) is 34.5 Å². The van der Waals surface area contributed by atoms with Crippen LogP contribution >= 0.6 is 0 Å². The van der Waals surface area contributed by atoms with E-state index in [0.29, 0.717) is 13.1 Å². The highest BCUT2D eigenvalue weighted by Crippen LogP contribution is 2.15. The Bertz CT molecular complexity index is 556. The fourth-order valence-electron chi connectivity index (χ4n) is 3.82. The van der Waals surface area contributed by atoms with Gasteiger partial charge < -0.3 is 15.3 Å². The van der Waals surface area contributed by atoms with E-state index in [-0.39, 0.29) is 12.1 Å². The lowest BCUT2D eigenvalue weighted by Crippen LogP contribution is -2.46. The number of aliphatic hydroxyl groups excluding tert-OH is 1. The first-order valence-electron chi connectivity index (χ1n) is 9.72. The van der Waals surface area contributed by atoms with Gasteiger partial charge in [-0.3, -0.25) is 4.90 Å². The average molecular weight is 345 g/mol. The minimum absolute atomic E-state index is 0.0725. The molecular formula is C20H31N3O2. The van der Waals surface area contributed by atoms with Gasteiger partial charge in [0.05, 0.1) is 6.10 Å². The van der Waals surface area contributed by atoms with Crippen LogP contribution in [-0.4, -0.2) is 53.2 Å². The molecule has 2 aliphatic rings. The molecule has 1 aromatic carbocycles. The number of hydrogen-bond donors (Lipinski definition) is 2. The fourth-order valence-corrected chi connectivity index (χ4v) is 3.82. The van der Waals surface area contributed by atoms with Gasteiger partial charge in [0.2, 0.25) is 0 Å². The molecule has 3 rings (SSSR count). The van der Waals surface area contributed by atoms with Gasteiger partial charge in [0, 0.05) is 26.2 Å². The van der Waals surface area contributed by atoms with Crippen molar-refractivity contribution in [2.75, 3.05) is 26.2 Å². The van der Waals surface area contributed by atoms with Crippen LogP contribution in [0.25, 0.3) is 0 Å². The van der Waals surface area contributed by atoms with Gasteiger partial charge >= 0.3 is 6.03 Å². The zero-order valence-corrected chi connectivity index (χ0v) is 15.1. The van der Waals surface area contributed by atoms with E-state index in [1.54, 1.807) is 4.90 Å². The Kier molecular flexibility index (Phi) is 6.70. The highest BCUT2D eigenvalue weighted by molar-refractivity contribution is 5.74. The van der Waals surface area contributed by atoms with Crippen molar-refractivity contribution in [2.24, 2.45) is 0 Å². The van der Waals surface area contributed by atoms with Crippen LogP contribution in [0.2, 0.25) is 0 Å². The first-order valence-corrected chi connectivity index (χ1v) is 9.72. The number of hydrogen-bond acceptors (Lipinski definition) is 3. The summed E-state index contributed by atoms with van der Waals surface area (Å²) in [6.45, 7) is 5.11. The molecule has 2 N–H and O–H groups in total. The molecule has 1 aromatic rings. The number of β-amino-alcohol motifs (C(OH)–C–C–N with tert-alkyl or cyclic N) is 1. The van der Waals surface area contributed by atoms with E-state index in [9.17, 15) is 9.90 Å². The Labute approximate surface area is 151 Å². The van der Waals surface area contributed by atoms with Crippen molar-refractivity contribution < 1.29 is 9.90 Å². The lowest BCUT2D eigenvalue weighted by molar-refractivity contribution is 0.0842. The van der Waals surface area contributed by atoms with E-state index >= 15 is 0 Å². The van der Waals surface area contributed by atoms with Gasteiger partial charge in [-0.25, -0.2) is 4.79 Å². The Hall–Kier alpha value is -1.59. The van der Waals surface area contributed by atoms with Crippen molar-refractivity contribution in [2.45, 2.75) is 57.7 Å². The Morgan fingerprint density at radius 2 is 1.84 bits per heavy atom. The minimum atomic E-state index is -0.378. The summed E-state index contributed by atoms with van der Waals surface area (Å²) in [7, 11) is 0. The highest BCUT2D eigenvalue weighted by Gasteiger charge is 2.21. The predicted molar refractivity (Wildman–Crippen MR) is 99.2 cm³/mol. The molecule has 2 aliphatic heterocycles. The van der Waals surface area contributed by atoms with Crippen LogP contribution in [0.4, 0.5) is 4.79 Å². The second-order valence-electron chi connectivity index (χ2n) is 7.41. The molecule has 2 fully saturated rings. The van der Waals surface area contributed by atoms with E-state index in [0.717, 1.165) is 31.5 Å². The number of nitrogens with zero attached hydrogens (tertiary/aromatic N) is 2. The SMILES string of the molecule is O=C(NCc1cccc(CN2CCCCCC2)c1)N1CCCC(O)C1.